The van der Waals surface area contributed by atoms with Crippen LogP contribution in [-0.2, 0) is 4.84 Å². The number of hydrogen-bond acceptors (Lipinski definition) is 3. The number of hydroxylamine groups is 1. The van der Waals surface area contributed by atoms with E-state index in [2.05, 4.69) is 10.5 Å². The predicted molar refractivity (Wildman–Crippen MR) is 59.0 cm³/mol. The average Bonchev–Trinajstić information content (AvgIpc) is 2.71. The number of rotatable bonds is 3. The Kier molecular flexibility index (Phi) is 2.87. The van der Waals surface area contributed by atoms with Crippen LogP contribution in [0.4, 0.5) is 0 Å². The van der Waals surface area contributed by atoms with Gasteiger partial charge in [-0.05, 0) is 26.0 Å². The fourth-order valence-electron chi connectivity index (χ4n) is 1.45. The molecule has 2 aromatic rings. The van der Waals surface area contributed by atoms with Crippen molar-refractivity contribution >= 4 is 11.6 Å². The smallest absolute Gasteiger partial charge is 0.295 e. The fraction of sp³-hybridized carbons (Fsp3) is 0.273. The van der Waals surface area contributed by atoms with E-state index in [1.54, 1.807) is 13.1 Å². The number of aryl methyl sites for hydroxylation is 1. The SMILES string of the molecule is CCONC(=O)c1cn2c(C)cccc2n1. The van der Waals surface area contributed by atoms with Gasteiger partial charge in [-0.1, -0.05) is 6.07 Å². The molecule has 0 aromatic carbocycles. The first-order valence-electron chi connectivity index (χ1n) is 5.09. The van der Waals surface area contributed by atoms with E-state index in [0.717, 1.165) is 11.3 Å². The molecule has 0 bridgehead atoms. The maximum Gasteiger partial charge on any atom is 0.295 e. The summed E-state index contributed by atoms with van der Waals surface area (Å²) in [7, 11) is 0. The second-order valence-electron chi connectivity index (χ2n) is 3.39. The van der Waals surface area contributed by atoms with Gasteiger partial charge in [-0.2, -0.15) is 0 Å². The van der Waals surface area contributed by atoms with E-state index in [4.69, 9.17) is 4.84 Å². The van der Waals surface area contributed by atoms with Crippen molar-refractivity contribution in [1.82, 2.24) is 14.9 Å². The molecule has 2 heterocycles. The number of pyridine rings is 1. The van der Waals surface area contributed by atoms with Crippen molar-refractivity contribution in [2.75, 3.05) is 6.61 Å². The zero-order chi connectivity index (χ0) is 11.5. The number of carbonyl (C=O) groups excluding carboxylic acids is 1. The van der Waals surface area contributed by atoms with Crippen LogP contribution in [0.1, 0.15) is 23.1 Å². The quantitative estimate of drug-likeness (QED) is 0.792. The van der Waals surface area contributed by atoms with Gasteiger partial charge in [0.2, 0.25) is 0 Å². The zero-order valence-corrected chi connectivity index (χ0v) is 9.23. The van der Waals surface area contributed by atoms with E-state index < -0.39 is 0 Å². The summed E-state index contributed by atoms with van der Waals surface area (Å²) in [5, 5.41) is 0. The van der Waals surface area contributed by atoms with Gasteiger partial charge in [0.15, 0.2) is 0 Å². The molecule has 2 rings (SSSR count). The summed E-state index contributed by atoms with van der Waals surface area (Å²) < 4.78 is 1.86. The molecule has 0 radical (unpaired) electrons. The van der Waals surface area contributed by atoms with Crippen molar-refractivity contribution in [3.8, 4) is 0 Å². The summed E-state index contributed by atoms with van der Waals surface area (Å²) in [5.74, 6) is -0.329. The van der Waals surface area contributed by atoms with Crippen LogP contribution in [0, 0.1) is 6.92 Å². The van der Waals surface area contributed by atoms with Gasteiger partial charge < -0.3 is 4.40 Å². The van der Waals surface area contributed by atoms with Gasteiger partial charge in [0.1, 0.15) is 11.3 Å². The van der Waals surface area contributed by atoms with E-state index in [-0.39, 0.29) is 5.91 Å². The Morgan fingerprint density at radius 3 is 3.06 bits per heavy atom. The molecule has 16 heavy (non-hydrogen) atoms. The van der Waals surface area contributed by atoms with Crippen LogP contribution in [0.15, 0.2) is 24.4 Å². The molecule has 0 aliphatic carbocycles. The van der Waals surface area contributed by atoms with Crippen LogP contribution in [0.3, 0.4) is 0 Å². The van der Waals surface area contributed by atoms with Crippen molar-refractivity contribution in [3.63, 3.8) is 0 Å². The number of fused-ring (bicyclic) bond motifs is 1. The first kappa shape index (κ1) is 10.6. The summed E-state index contributed by atoms with van der Waals surface area (Å²) in [6.07, 6.45) is 1.69. The Bertz CT molecular complexity index is 519. The van der Waals surface area contributed by atoms with Gasteiger partial charge in [0.25, 0.3) is 5.91 Å². The number of nitrogens with one attached hydrogen (secondary N) is 1. The van der Waals surface area contributed by atoms with Gasteiger partial charge in [0.05, 0.1) is 6.61 Å². The maximum atomic E-state index is 11.6. The first-order chi connectivity index (χ1) is 7.72. The topological polar surface area (TPSA) is 55.6 Å². The minimum absolute atomic E-state index is 0.329. The zero-order valence-electron chi connectivity index (χ0n) is 9.23. The van der Waals surface area contributed by atoms with Crippen molar-refractivity contribution < 1.29 is 9.63 Å². The molecular formula is C11H13N3O2. The second-order valence-corrected chi connectivity index (χ2v) is 3.39. The standard InChI is InChI=1S/C11H13N3O2/c1-3-16-13-11(15)9-7-14-8(2)5-4-6-10(14)12-9/h4-7H,3H2,1-2H3,(H,13,15). The van der Waals surface area contributed by atoms with Gasteiger partial charge in [0, 0.05) is 11.9 Å². The third-order valence-corrected chi connectivity index (χ3v) is 2.24. The van der Waals surface area contributed by atoms with Crippen molar-refractivity contribution in [1.29, 1.82) is 0 Å². The van der Waals surface area contributed by atoms with E-state index in [1.807, 2.05) is 29.5 Å². The van der Waals surface area contributed by atoms with E-state index in [9.17, 15) is 4.79 Å². The molecule has 0 spiro atoms. The molecular weight excluding hydrogens is 206 g/mol. The summed E-state index contributed by atoms with van der Waals surface area (Å²) in [5.41, 5.74) is 4.44. The molecule has 0 aliphatic heterocycles. The summed E-state index contributed by atoms with van der Waals surface area (Å²) in [6.45, 7) is 4.19. The molecule has 84 valence electrons. The summed E-state index contributed by atoms with van der Waals surface area (Å²) >= 11 is 0. The van der Waals surface area contributed by atoms with Crippen molar-refractivity contribution in [2.24, 2.45) is 0 Å². The lowest BCUT2D eigenvalue weighted by atomic mass is 10.4. The molecule has 0 aliphatic rings. The Balaban J connectivity index is 2.32. The minimum Gasteiger partial charge on any atom is -0.304 e. The Labute approximate surface area is 93.0 Å². The lowest BCUT2D eigenvalue weighted by molar-refractivity contribution is 0.0360. The molecule has 0 atom stereocenters. The van der Waals surface area contributed by atoms with Crippen LogP contribution in [0.5, 0.6) is 0 Å². The summed E-state index contributed by atoms with van der Waals surface area (Å²) in [6, 6.07) is 5.71. The van der Waals surface area contributed by atoms with Crippen LogP contribution in [0.2, 0.25) is 0 Å². The molecule has 2 aromatic heterocycles. The predicted octanol–water partition coefficient (Wildman–Crippen LogP) is 1.32. The van der Waals surface area contributed by atoms with Crippen LogP contribution in [0.25, 0.3) is 5.65 Å². The Morgan fingerprint density at radius 1 is 1.56 bits per heavy atom. The number of carbonyl (C=O) groups is 1. The van der Waals surface area contributed by atoms with E-state index in [1.165, 1.54) is 0 Å². The second kappa shape index (κ2) is 4.32. The number of hydrogen-bond donors (Lipinski definition) is 1. The van der Waals surface area contributed by atoms with E-state index in [0.29, 0.717) is 12.3 Å². The van der Waals surface area contributed by atoms with Crippen LogP contribution >= 0.6 is 0 Å². The average molecular weight is 219 g/mol. The lowest BCUT2D eigenvalue weighted by Gasteiger charge is -1.99. The molecule has 1 amide bonds. The largest absolute Gasteiger partial charge is 0.304 e. The summed E-state index contributed by atoms with van der Waals surface area (Å²) in [4.78, 5) is 20.6. The number of aromatic nitrogens is 2. The lowest BCUT2D eigenvalue weighted by Crippen LogP contribution is -2.23. The van der Waals surface area contributed by atoms with Crippen LogP contribution < -0.4 is 5.48 Å². The number of nitrogens with zero attached hydrogens (tertiary/aromatic N) is 2. The van der Waals surface area contributed by atoms with Gasteiger partial charge in [-0.25, -0.2) is 10.5 Å². The highest BCUT2D eigenvalue weighted by atomic mass is 16.6. The van der Waals surface area contributed by atoms with Gasteiger partial charge in [-0.3, -0.25) is 9.63 Å². The molecule has 1 N–H and O–H groups in total. The third-order valence-electron chi connectivity index (χ3n) is 2.24. The van der Waals surface area contributed by atoms with E-state index >= 15 is 0 Å². The molecule has 0 saturated carbocycles. The number of amides is 1. The highest BCUT2D eigenvalue weighted by Gasteiger charge is 2.10. The Hall–Kier alpha value is -1.88. The normalized spacial score (nSPS) is 10.6. The molecule has 0 saturated heterocycles. The third kappa shape index (κ3) is 1.90. The van der Waals surface area contributed by atoms with Gasteiger partial charge >= 0.3 is 0 Å². The van der Waals surface area contributed by atoms with Crippen molar-refractivity contribution in [2.45, 2.75) is 13.8 Å². The maximum absolute atomic E-state index is 11.6. The highest BCUT2D eigenvalue weighted by Crippen LogP contribution is 2.08. The molecule has 5 heteroatoms. The fourth-order valence-corrected chi connectivity index (χ4v) is 1.45. The molecule has 0 unspecified atom stereocenters. The Morgan fingerprint density at radius 2 is 2.38 bits per heavy atom. The monoisotopic (exact) mass is 219 g/mol. The highest BCUT2D eigenvalue weighted by molar-refractivity contribution is 5.92. The minimum atomic E-state index is -0.329. The number of imidazole rings is 1. The van der Waals surface area contributed by atoms with Crippen LogP contribution in [-0.4, -0.2) is 21.9 Å². The van der Waals surface area contributed by atoms with Gasteiger partial charge in [-0.15, -0.1) is 0 Å². The molecule has 5 nitrogen and oxygen atoms in total. The van der Waals surface area contributed by atoms with Crippen molar-refractivity contribution in [3.05, 3.63) is 35.8 Å². The first-order valence-corrected chi connectivity index (χ1v) is 5.09. The molecule has 0 fully saturated rings.